The molecule has 0 atom stereocenters. The van der Waals surface area contributed by atoms with E-state index in [1.54, 1.807) is 6.92 Å². The number of nitrogens with two attached hydrogens (primary N) is 1. The number of aromatic nitrogens is 2. The number of hydrazine groups is 1. The second kappa shape index (κ2) is 5.40. The summed E-state index contributed by atoms with van der Waals surface area (Å²) in [7, 11) is 0. The Labute approximate surface area is 108 Å². The first-order chi connectivity index (χ1) is 9.10. The van der Waals surface area contributed by atoms with Crippen molar-refractivity contribution in [3.8, 4) is 0 Å². The minimum Gasteiger partial charge on any atom is -0.320 e. The summed E-state index contributed by atoms with van der Waals surface area (Å²) in [6.07, 6.45) is 0. The quantitative estimate of drug-likeness (QED) is 0.574. The molecule has 7 heteroatoms. The van der Waals surface area contributed by atoms with Crippen LogP contribution in [0.1, 0.15) is 16.1 Å². The molecule has 0 saturated heterocycles. The summed E-state index contributed by atoms with van der Waals surface area (Å²) in [5.41, 5.74) is 3.60. The smallest absolute Gasteiger partial charge is 0.276 e. The highest BCUT2D eigenvalue weighted by Crippen LogP contribution is 2.16. The van der Waals surface area contributed by atoms with Crippen LogP contribution in [0.4, 0.5) is 15.9 Å². The molecule has 0 fully saturated rings. The average Bonchev–Trinajstić information content (AvgIpc) is 2.42. The van der Waals surface area contributed by atoms with Gasteiger partial charge in [0.25, 0.3) is 5.91 Å². The van der Waals surface area contributed by atoms with E-state index in [2.05, 4.69) is 20.9 Å². The third-order valence-corrected chi connectivity index (χ3v) is 2.48. The van der Waals surface area contributed by atoms with Gasteiger partial charge in [0.2, 0.25) is 0 Å². The van der Waals surface area contributed by atoms with E-state index in [0.29, 0.717) is 17.1 Å². The summed E-state index contributed by atoms with van der Waals surface area (Å²) >= 11 is 0. The lowest BCUT2D eigenvalue weighted by Crippen LogP contribution is -2.16. The predicted molar refractivity (Wildman–Crippen MR) is 68.9 cm³/mol. The van der Waals surface area contributed by atoms with Crippen LogP contribution in [-0.2, 0) is 0 Å². The molecule has 0 radical (unpaired) electrons. The molecule has 1 heterocycles. The van der Waals surface area contributed by atoms with Crippen LogP contribution < -0.4 is 16.6 Å². The van der Waals surface area contributed by atoms with Gasteiger partial charge in [-0.1, -0.05) is 0 Å². The number of carbonyl (C=O) groups excluding carboxylic acids is 1. The van der Waals surface area contributed by atoms with E-state index in [0.717, 1.165) is 0 Å². The monoisotopic (exact) mass is 261 g/mol. The molecular formula is C12H12FN5O. The number of rotatable bonds is 3. The minimum atomic E-state index is -0.425. The van der Waals surface area contributed by atoms with Gasteiger partial charge in [-0.15, -0.1) is 10.2 Å². The van der Waals surface area contributed by atoms with E-state index in [9.17, 15) is 9.18 Å². The highest BCUT2D eigenvalue weighted by molar-refractivity contribution is 6.03. The fourth-order valence-corrected chi connectivity index (χ4v) is 1.48. The minimum absolute atomic E-state index is 0.141. The second-order valence-corrected chi connectivity index (χ2v) is 3.86. The van der Waals surface area contributed by atoms with E-state index >= 15 is 0 Å². The van der Waals surface area contributed by atoms with Gasteiger partial charge in [-0.05, 0) is 42.8 Å². The number of amides is 1. The van der Waals surface area contributed by atoms with Crippen LogP contribution >= 0.6 is 0 Å². The summed E-state index contributed by atoms with van der Waals surface area (Å²) < 4.78 is 12.9. The third-order valence-electron chi connectivity index (χ3n) is 2.48. The summed E-state index contributed by atoms with van der Waals surface area (Å²) in [6, 6.07) is 7.11. The van der Waals surface area contributed by atoms with E-state index in [1.165, 1.54) is 30.3 Å². The number of carbonyl (C=O) groups is 1. The van der Waals surface area contributed by atoms with Gasteiger partial charge in [0.15, 0.2) is 11.5 Å². The molecule has 0 saturated carbocycles. The first kappa shape index (κ1) is 12.9. The van der Waals surface area contributed by atoms with Gasteiger partial charge in [0.1, 0.15) is 5.82 Å². The van der Waals surface area contributed by atoms with Crippen molar-refractivity contribution < 1.29 is 9.18 Å². The van der Waals surface area contributed by atoms with Gasteiger partial charge in [-0.2, -0.15) is 0 Å². The molecule has 1 aromatic carbocycles. The molecule has 6 nitrogen and oxygen atoms in total. The van der Waals surface area contributed by atoms with Crippen LogP contribution in [0.5, 0.6) is 0 Å². The van der Waals surface area contributed by atoms with E-state index in [4.69, 9.17) is 5.84 Å². The zero-order valence-electron chi connectivity index (χ0n) is 10.1. The molecular weight excluding hydrogens is 249 g/mol. The summed E-state index contributed by atoms with van der Waals surface area (Å²) in [5, 5.41) is 10.0. The van der Waals surface area contributed by atoms with Crippen LogP contribution in [0.3, 0.4) is 0 Å². The predicted octanol–water partition coefficient (Wildman–Crippen LogP) is 1.46. The number of nitrogen functional groups attached to an aromatic ring is 1. The van der Waals surface area contributed by atoms with Gasteiger partial charge in [-0.3, -0.25) is 4.79 Å². The molecule has 98 valence electrons. The fourth-order valence-electron chi connectivity index (χ4n) is 1.48. The van der Waals surface area contributed by atoms with Crippen molar-refractivity contribution in [1.82, 2.24) is 10.2 Å². The van der Waals surface area contributed by atoms with Gasteiger partial charge >= 0.3 is 0 Å². The van der Waals surface area contributed by atoms with E-state index in [-0.39, 0.29) is 11.5 Å². The Morgan fingerprint density at radius 2 is 2.05 bits per heavy atom. The molecule has 4 N–H and O–H groups in total. The number of nitrogens with one attached hydrogen (secondary N) is 2. The van der Waals surface area contributed by atoms with Crippen LogP contribution in [0.15, 0.2) is 30.3 Å². The first-order valence-electron chi connectivity index (χ1n) is 5.48. The lowest BCUT2D eigenvalue weighted by atomic mass is 10.2. The lowest BCUT2D eigenvalue weighted by molar-refractivity contribution is 0.102. The zero-order valence-corrected chi connectivity index (χ0v) is 10.1. The zero-order chi connectivity index (χ0) is 13.8. The Morgan fingerprint density at radius 1 is 1.26 bits per heavy atom. The standard InChI is InChI=1S/C12H12FN5O/c1-7-6-8(13)2-3-9(7)15-12(19)10-4-5-11(16-14)18-17-10/h2-6H,14H2,1H3,(H,15,19)(H,16,18). The van der Waals surface area contributed by atoms with E-state index < -0.39 is 5.91 Å². The summed E-state index contributed by atoms with van der Waals surface area (Å²) in [6.45, 7) is 1.70. The number of benzene rings is 1. The Morgan fingerprint density at radius 3 is 2.63 bits per heavy atom. The number of nitrogens with zero attached hydrogens (tertiary/aromatic N) is 2. The maximum absolute atomic E-state index is 12.9. The SMILES string of the molecule is Cc1cc(F)ccc1NC(=O)c1ccc(NN)nn1. The lowest BCUT2D eigenvalue weighted by Gasteiger charge is -2.07. The number of aryl methyl sites for hydroxylation is 1. The van der Waals surface area contributed by atoms with Gasteiger partial charge < -0.3 is 10.7 Å². The largest absolute Gasteiger partial charge is 0.320 e. The Bertz CT molecular complexity index is 600. The first-order valence-corrected chi connectivity index (χ1v) is 5.48. The van der Waals surface area contributed by atoms with Gasteiger partial charge in [0.05, 0.1) is 0 Å². The van der Waals surface area contributed by atoms with Crippen LogP contribution in [0, 0.1) is 12.7 Å². The fraction of sp³-hybridized carbons (Fsp3) is 0.0833. The molecule has 1 amide bonds. The number of hydrogen-bond donors (Lipinski definition) is 3. The molecule has 0 bridgehead atoms. The highest BCUT2D eigenvalue weighted by atomic mass is 19.1. The molecule has 0 aliphatic heterocycles. The molecule has 19 heavy (non-hydrogen) atoms. The Hall–Kier alpha value is -2.54. The third kappa shape index (κ3) is 3.02. The summed E-state index contributed by atoms with van der Waals surface area (Å²) in [4.78, 5) is 11.9. The van der Waals surface area contributed by atoms with Crippen LogP contribution in [-0.4, -0.2) is 16.1 Å². The molecule has 0 aliphatic carbocycles. The molecule has 0 aliphatic rings. The van der Waals surface area contributed by atoms with Gasteiger partial charge in [-0.25, -0.2) is 10.2 Å². The Kier molecular flexibility index (Phi) is 3.67. The molecule has 0 unspecified atom stereocenters. The second-order valence-electron chi connectivity index (χ2n) is 3.86. The van der Waals surface area contributed by atoms with Crippen LogP contribution in [0.2, 0.25) is 0 Å². The maximum atomic E-state index is 12.9. The average molecular weight is 261 g/mol. The highest BCUT2D eigenvalue weighted by Gasteiger charge is 2.10. The molecule has 0 spiro atoms. The summed E-state index contributed by atoms with van der Waals surface area (Å²) in [5.74, 6) is 4.72. The van der Waals surface area contributed by atoms with Crippen molar-refractivity contribution in [3.63, 3.8) is 0 Å². The molecule has 2 rings (SSSR count). The number of anilines is 2. The van der Waals surface area contributed by atoms with E-state index in [1.807, 2.05) is 0 Å². The van der Waals surface area contributed by atoms with Crippen molar-refractivity contribution in [1.29, 1.82) is 0 Å². The topological polar surface area (TPSA) is 92.9 Å². The van der Waals surface area contributed by atoms with Crippen molar-refractivity contribution in [3.05, 3.63) is 47.4 Å². The Balaban J connectivity index is 2.15. The van der Waals surface area contributed by atoms with Crippen LogP contribution in [0.25, 0.3) is 0 Å². The number of halogens is 1. The van der Waals surface area contributed by atoms with Crippen molar-refractivity contribution in [2.24, 2.45) is 5.84 Å². The van der Waals surface area contributed by atoms with Crippen molar-refractivity contribution in [2.45, 2.75) is 6.92 Å². The van der Waals surface area contributed by atoms with Gasteiger partial charge in [0, 0.05) is 5.69 Å². The molecule has 2 aromatic rings. The number of hydrogen-bond acceptors (Lipinski definition) is 5. The van der Waals surface area contributed by atoms with Crippen molar-refractivity contribution in [2.75, 3.05) is 10.7 Å². The molecule has 1 aromatic heterocycles. The maximum Gasteiger partial charge on any atom is 0.276 e. The van der Waals surface area contributed by atoms with Crippen molar-refractivity contribution >= 4 is 17.4 Å². The normalized spacial score (nSPS) is 10.1.